The van der Waals surface area contributed by atoms with E-state index in [0.717, 1.165) is 19.8 Å². The number of hydrogen-bond acceptors (Lipinski definition) is 3. The predicted molar refractivity (Wildman–Crippen MR) is 82.3 cm³/mol. The van der Waals surface area contributed by atoms with E-state index in [0.29, 0.717) is 5.54 Å². The molecule has 1 saturated heterocycles. The first-order chi connectivity index (χ1) is 8.60. The van der Waals surface area contributed by atoms with Crippen molar-refractivity contribution in [2.45, 2.75) is 53.0 Å². The maximum Gasteiger partial charge on any atom is 0.0804 e. The summed E-state index contributed by atoms with van der Waals surface area (Å²) in [5.41, 5.74) is 0.290. The number of rotatable bonds is 6. The van der Waals surface area contributed by atoms with E-state index in [9.17, 15) is 0 Å². The quantitative estimate of drug-likeness (QED) is 0.730. The third-order valence-corrected chi connectivity index (χ3v) is 3.01. The molecule has 3 nitrogen and oxygen atoms in total. The fourth-order valence-corrected chi connectivity index (χ4v) is 1.99. The molecule has 0 radical (unpaired) electrons. The molecule has 0 atom stereocenters. The van der Waals surface area contributed by atoms with Crippen LogP contribution in [0.2, 0.25) is 0 Å². The largest absolute Gasteiger partial charge is 0.377 e. The maximum atomic E-state index is 5.37. The molecule has 0 bridgehead atoms. The summed E-state index contributed by atoms with van der Waals surface area (Å²) < 4.78 is 5.37. The van der Waals surface area contributed by atoms with Gasteiger partial charge in [0.05, 0.1) is 18.8 Å². The van der Waals surface area contributed by atoms with Gasteiger partial charge in [-0.2, -0.15) is 0 Å². The van der Waals surface area contributed by atoms with Gasteiger partial charge in [-0.05, 0) is 34.1 Å². The van der Waals surface area contributed by atoms with Gasteiger partial charge in [0.15, 0.2) is 0 Å². The van der Waals surface area contributed by atoms with Crippen LogP contribution < -0.4 is 0 Å². The Morgan fingerprint density at radius 1 is 1.00 bits per heavy atom. The van der Waals surface area contributed by atoms with Crippen LogP contribution in [0.4, 0.5) is 0 Å². The molecule has 0 N–H and O–H groups in total. The third-order valence-electron chi connectivity index (χ3n) is 3.01. The van der Waals surface area contributed by atoms with Crippen LogP contribution in [0.25, 0.3) is 0 Å². The molecular formula is C15H36N2O. The molecule has 112 valence electrons. The van der Waals surface area contributed by atoms with E-state index < -0.39 is 0 Å². The zero-order valence-electron chi connectivity index (χ0n) is 14.0. The minimum absolute atomic E-state index is 0.290. The summed E-state index contributed by atoms with van der Waals surface area (Å²) in [6.45, 7) is 14.3. The highest BCUT2D eigenvalue weighted by molar-refractivity contribution is 4.97. The van der Waals surface area contributed by atoms with Gasteiger partial charge in [0.2, 0.25) is 0 Å². The highest BCUT2D eigenvalue weighted by atomic mass is 16.5. The molecule has 1 fully saturated rings. The molecule has 1 heterocycles. The van der Waals surface area contributed by atoms with Crippen LogP contribution in [0, 0.1) is 0 Å². The molecule has 1 aliphatic rings. The number of unbranched alkanes of at least 4 members (excludes halogenated alkanes) is 1. The van der Waals surface area contributed by atoms with E-state index in [-0.39, 0.29) is 0 Å². The number of ether oxygens (including phenoxy) is 1. The normalized spacial score (nSPS) is 16.3. The van der Waals surface area contributed by atoms with Crippen molar-refractivity contribution in [3.63, 3.8) is 0 Å². The smallest absolute Gasteiger partial charge is 0.0804 e. The predicted octanol–water partition coefficient (Wildman–Crippen LogP) is 3.10. The van der Waals surface area contributed by atoms with E-state index >= 15 is 0 Å². The fraction of sp³-hybridized carbons (Fsp3) is 1.00. The summed E-state index contributed by atoms with van der Waals surface area (Å²) >= 11 is 0. The standard InChI is InChI=1S/C11H24N2O.2C2H6/c1-5-6-7-13(4)11(8-12(2)3)9-14-10-11;2*1-2/h5-10H2,1-4H3;2*1-2H3. The van der Waals surface area contributed by atoms with Crippen LogP contribution in [0.5, 0.6) is 0 Å². The van der Waals surface area contributed by atoms with Gasteiger partial charge in [0.1, 0.15) is 0 Å². The molecule has 0 saturated carbocycles. The molecule has 0 unspecified atom stereocenters. The van der Waals surface area contributed by atoms with Crippen LogP contribution in [0.1, 0.15) is 47.5 Å². The van der Waals surface area contributed by atoms with Crippen LogP contribution in [0.3, 0.4) is 0 Å². The summed E-state index contributed by atoms with van der Waals surface area (Å²) in [6, 6.07) is 0. The average molecular weight is 260 g/mol. The Labute approximate surface area is 115 Å². The van der Waals surface area contributed by atoms with Gasteiger partial charge in [0, 0.05) is 6.54 Å². The summed E-state index contributed by atoms with van der Waals surface area (Å²) in [6.07, 6.45) is 2.55. The third kappa shape index (κ3) is 6.72. The van der Waals surface area contributed by atoms with Crippen molar-refractivity contribution in [2.24, 2.45) is 0 Å². The molecular weight excluding hydrogens is 224 g/mol. The monoisotopic (exact) mass is 260 g/mol. The lowest BCUT2D eigenvalue weighted by Gasteiger charge is -2.49. The Hall–Kier alpha value is -0.120. The Morgan fingerprint density at radius 2 is 1.50 bits per heavy atom. The molecule has 3 heteroatoms. The molecule has 0 aromatic heterocycles. The van der Waals surface area contributed by atoms with Crippen LogP contribution >= 0.6 is 0 Å². The highest BCUT2D eigenvalue weighted by Gasteiger charge is 2.42. The minimum atomic E-state index is 0.290. The van der Waals surface area contributed by atoms with Gasteiger partial charge in [-0.25, -0.2) is 0 Å². The topological polar surface area (TPSA) is 15.7 Å². The minimum Gasteiger partial charge on any atom is -0.377 e. The number of nitrogens with zero attached hydrogens (tertiary/aromatic N) is 2. The Morgan fingerprint density at radius 3 is 1.78 bits per heavy atom. The Kier molecular flexibility index (Phi) is 13.4. The molecule has 1 aliphatic heterocycles. The second kappa shape index (κ2) is 11.9. The molecule has 0 amide bonds. The first-order valence-electron chi connectivity index (χ1n) is 7.54. The zero-order valence-corrected chi connectivity index (χ0v) is 14.0. The van der Waals surface area contributed by atoms with Gasteiger partial charge in [-0.3, -0.25) is 4.90 Å². The molecule has 0 aromatic carbocycles. The van der Waals surface area contributed by atoms with Crippen molar-refractivity contribution >= 4 is 0 Å². The van der Waals surface area contributed by atoms with E-state index in [1.54, 1.807) is 0 Å². The second-order valence-electron chi connectivity index (χ2n) is 4.73. The van der Waals surface area contributed by atoms with Gasteiger partial charge in [0.25, 0.3) is 0 Å². The van der Waals surface area contributed by atoms with Gasteiger partial charge in [-0.1, -0.05) is 41.0 Å². The van der Waals surface area contributed by atoms with Crippen molar-refractivity contribution < 1.29 is 4.74 Å². The Bertz CT molecular complexity index is 168. The molecule has 18 heavy (non-hydrogen) atoms. The number of hydrogen-bond donors (Lipinski definition) is 0. The summed E-state index contributed by atoms with van der Waals surface area (Å²) in [7, 11) is 6.49. The molecule has 0 aliphatic carbocycles. The lowest BCUT2D eigenvalue weighted by molar-refractivity contribution is -0.140. The first-order valence-corrected chi connectivity index (χ1v) is 7.54. The first kappa shape index (κ1) is 20.2. The van der Waals surface area contributed by atoms with E-state index in [2.05, 4.69) is 37.9 Å². The van der Waals surface area contributed by atoms with Crippen molar-refractivity contribution in [1.82, 2.24) is 9.80 Å². The molecule has 0 aromatic rings. The number of likely N-dealkylation sites (N-methyl/N-ethyl adjacent to an activating group) is 2. The summed E-state index contributed by atoms with van der Waals surface area (Å²) in [5, 5.41) is 0. The van der Waals surface area contributed by atoms with E-state index in [1.807, 2.05) is 27.7 Å². The fourth-order valence-electron chi connectivity index (χ4n) is 1.99. The Balaban J connectivity index is 0. The highest BCUT2D eigenvalue weighted by Crippen LogP contribution is 2.24. The van der Waals surface area contributed by atoms with Gasteiger partial charge < -0.3 is 9.64 Å². The summed E-state index contributed by atoms with van der Waals surface area (Å²) in [4.78, 5) is 4.73. The summed E-state index contributed by atoms with van der Waals surface area (Å²) in [5.74, 6) is 0. The molecule has 1 rings (SSSR count). The van der Waals surface area contributed by atoms with Crippen LogP contribution in [0.15, 0.2) is 0 Å². The lowest BCUT2D eigenvalue weighted by atomic mass is 9.94. The molecule has 0 spiro atoms. The van der Waals surface area contributed by atoms with Crippen molar-refractivity contribution in [2.75, 3.05) is 47.4 Å². The van der Waals surface area contributed by atoms with Gasteiger partial charge >= 0.3 is 0 Å². The SMILES string of the molecule is CC.CC.CCCCN(C)C1(CN(C)C)COC1. The second-order valence-corrected chi connectivity index (χ2v) is 4.73. The van der Waals surface area contributed by atoms with Crippen LogP contribution in [-0.2, 0) is 4.74 Å². The zero-order chi connectivity index (χ0) is 14.6. The van der Waals surface area contributed by atoms with Gasteiger partial charge in [-0.15, -0.1) is 0 Å². The van der Waals surface area contributed by atoms with Crippen molar-refractivity contribution in [3.05, 3.63) is 0 Å². The van der Waals surface area contributed by atoms with Crippen molar-refractivity contribution in [1.29, 1.82) is 0 Å². The maximum absolute atomic E-state index is 5.37. The van der Waals surface area contributed by atoms with Crippen molar-refractivity contribution in [3.8, 4) is 0 Å². The average Bonchev–Trinajstić information content (AvgIpc) is 2.35. The van der Waals surface area contributed by atoms with Crippen LogP contribution in [-0.4, -0.2) is 62.8 Å². The van der Waals surface area contributed by atoms with E-state index in [4.69, 9.17) is 4.74 Å². The van der Waals surface area contributed by atoms with E-state index in [1.165, 1.54) is 19.4 Å². The lowest BCUT2D eigenvalue weighted by Crippen LogP contribution is -2.65.